The van der Waals surface area contributed by atoms with Gasteiger partial charge in [-0.25, -0.2) is 4.39 Å². The number of carbonyl (C=O) groups is 2. The first-order valence-electron chi connectivity index (χ1n) is 7.34. The Hall–Kier alpha value is -2.37. The molecule has 116 valence electrons. The molecule has 0 bridgehead atoms. The fourth-order valence-corrected chi connectivity index (χ4v) is 2.89. The lowest BCUT2D eigenvalue weighted by molar-refractivity contribution is -0.137. The summed E-state index contributed by atoms with van der Waals surface area (Å²) in [5.74, 6) is -0.318. The Morgan fingerprint density at radius 3 is 2.55 bits per heavy atom. The van der Waals surface area contributed by atoms with Crippen LogP contribution in [0, 0.1) is 5.82 Å². The number of nitrogens with one attached hydrogen (secondary N) is 1. The van der Waals surface area contributed by atoms with Crippen LogP contribution in [0.15, 0.2) is 24.4 Å². The average molecular weight is 303 g/mol. The molecular weight excluding hydrogens is 285 g/mol. The van der Waals surface area contributed by atoms with Crippen molar-refractivity contribution in [2.24, 2.45) is 0 Å². The van der Waals surface area contributed by atoms with Crippen LogP contribution in [0.4, 0.5) is 4.39 Å². The van der Waals surface area contributed by atoms with Gasteiger partial charge >= 0.3 is 0 Å². The van der Waals surface area contributed by atoms with Crippen molar-refractivity contribution in [3.8, 4) is 0 Å². The highest BCUT2D eigenvalue weighted by Gasteiger charge is 2.23. The predicted molar refractivity (Wildman–Crippen MR) is 80.8 cm³/mol. The van der Waals surface area contributed by atoms with E-state index in [1.54, 1.807) is 28.1 Å². The number of amides is 2. The average Bonchev–Trinajstić information content (AvgIpc) is 2.92. The van der Waals surface area contributed by atoms with Crippen LogP contribution >= 0.6 is 0 Å². The SMILES string of the molecule is CC(=O)N1CCN(C(=O)Cc2c[nH]c3cccc(F)c23)CC1. The summed E-state index contributed by atoms with van der Waals surface area (Å²) in [5.41, 5.74) is 1.37. The molecule has 2 heterocycles. The molecule has 1 aliphatic rings. The number of benzene rings is 1. The van der Waals surface area contributed by atoms with Gasteiger partial charge in [0, 0.05) is 50.2 Å². The van der Waals surface area contributed by atoms with Crippen LogP contribution in [0.3, 0.4) is 0 Å². The molecule has 0 aliphatic carbocycles. The topological polar surface area (TPSA) is 56.4 Å². The van der Waals surface area contributed by atoms with E-state index in [-0.39, 0.29) is 24.1 Å². The third-order valence-corrected chi connectivity index (χ3v) is 4.16. The molecule has 0 atom stereocenters. The molecule has 1 saturated heterocycles. The summed E-state index contributed by atoms with van der Waals surface area (Å²) >= 11 is 0. The van der Waals surface area contributed by atoms with Gasteiger partial charge in [0.05, 0.1) is 6.42 Å². The van der Waals surface area contributed by atoms with E-state index < -0.39 is 0 Å². The zero-order chi connectivity index (χ0) is 15.7. The van der Waals surface area contributed by atoms with E-state index in [0.29, 0.717) is 42.6 Å². The largest absolute Gasteiger partial charge is 0.361 e. The molecule has 0 spiro atoms. The minimum absolute atomic E-state index is 0.0331. The molecule has 2 aromatic rings. The Labute approximate surface area is 127 Å². The summed E-state index contributed by atoms with van der Waals surface area (Å²) < 4.78 is 13.9. The van der Waals surface area contributed by atoms with Crippen LogP contribution < -0.4 is 0 Å². The predicted octanol–water partition coefficient (Wildman–Crippen LogP) is 1.54. The summed E-state index contributed by atoms with van der Waals surface area (Å²) in [6, 6.07) is 4.83. The molecule has 0 radical (unpaired) electrons. The molecule has 5 nitrogen and oxygen atoms in total. The van der Waals surface area contributed by atoms with Crippen molar-refractivity contribution in [1.82, 2.24) is 14.8 Å². The second-order valence-corrected chi connectivity index (χ2v) is 5.54. The van der Waals surface area contributed by atoms with Gasteiger partial charge < -0.3 is 14.8 Å². The second-order valence-electron chi connectivity index (χ2n) is 5.54. The quantitative estimate of drug-likeness (QED) is 0.915. The molecule has 0 saturated carbocycles. The molecule has 6 heteroatoms. The third kappa shape index (κ3) is 2.68. The van der Waals surface area contributed by atoms with Crippen molar-refractivity contribution >= 4 is 22.7 Å². The van der Waals surface area contributed by atoms with Crippen LogP contribution in [0.2, 0.25) is 0 Å². The van der Waals surface area contributed by atoms with E-state index >= 15 is 0 Å². The zero-order valence-corrected chi connectivity index (χ0v) is 12.4. The lowest BCUT2D eigenvalue weighted by Gasteiger charge is -2.34. The number of aromatic amines is 1. The smallest absolute Gasteiger partial charge is 0.227 e. The summed E-state index contributed by atoms with van der Waals surface area (Å²) in [5, 5.41) is 0.484. The molecule has 0 unspecified atom stereocenters. The molecule has 3 rings (SSSR count). The van der Waals surface area contributed by atoms with Gasteiger partial charge in [0.15, 0.2) is 0 Å². The molecule has 1 aliphatic heterocycles. The van der Waals surface area contributed by atoms with Crippen LogP contribution in [0.5, 0.6) is 0 Å². The van der Waals surface area contributed by atoms with Crippen LogP contribution in [-0.4, -0.2) is 52.8 Å². The number of aromatic nitrogens is 1. The number of nitrogens with zero attached hydrogens (tertiary/aromatic N) is 2. The Bertz CT molecular complexity index is 717. The fraction of sp³-hybridized carbons (Fsp3) is 0.375. The van der Waals surface area contributed by atoms with E-state index in [1.807, 2.05) is 0 Å². The number of halogens is 1. The number of H-pyrrole nitrogens is 1. The third-order valence-electron chi connectivity index (χ3n) is 4.16. The molecular formula is C16H18FN3O2. The van der Waals surface area contributed by atoms with Gasteiger partial charge in [0.1, 0.15) is 5.82 Å². The molecule has 1 fully saturated rings. The number of hydrogen-bond donors (Lipinski definition) is 1. The van der Waals surface area contributed by atoms with Crippen molar-refractivity contribution in [1.29, 1.82) is 0 Å². The minimum Gasteiger partial charge on any atom is -0.361 e. The van der Waals surface area contributed by atoms with E-state index in [0.717, 1.165) is 0 Å². The van der Waals surface area contributed by atoms with Crippen molar-refractivity contribution in [3.05, 3.63) is 35.8 Å². The van der Waals surface area contributed by atoms with Crippen molar-refractivity contribution < 1.29 is 14.0 Å². The highest BCUT2D eigenvalue weighted by molar-refractivity contribution is 5.89. The highest BCUT2D eigenvalue weighted by Crippen LogP contribution is 2.22. The van der Waals surface area contributed by atoms with E-state index in [1.165, 1.54) is 13.0 Å². The summed E-state index contributed by atoms with van der Waals surface area (Å²) in [4.78, 5) is 30.1. The highest BCUT2D eigenvalue weighted by atomic mass is 19.1. The van der Waals surface area contributed by atoms with Gasteiger partial charge in [0.2, 0.25) is 11.8 Å². The minimum atomic E-state index is -0.317. The van der Waals surface area contributed by atoms with E-state index in [4.69, 9.17) is 0 Å². The van der Waals surface area contributed by atoms with Gasteiger partial charge in [-0.3, -0.25) is 9.59 Å². The van der Waals surface area contributed by atoms with Crippen molar-refractivity contribution in [3.63, 3.8) is 0 Å². The van der Waals surface area contributed by atoms with Gasteiger partial charge in [-0.05, 0) is 17.7 Å². The maximum Gasteiger partial charge on any atom is 0.227 e. The van der Waals surface area contributed by atoms with Gasteiger partial charge in [-0.1, -0.05) is 6.07 Å². The first-order chi connectivity index (χ1) is 10.6. The van der Waals surface area contributed by atoms with Crippen LogP contribution in [0.25, 0.3) is 10.9 Å². The Balaban J connectivity index is 1.70. The maximum atomic E-state index is 13.9. The number of fused-ring (bicyclic) bond motifs is 1. The number of carbonyl (C=O) groups excluding carboxylic acids is 2. The number of hydrogen-bond acceptors (Lipinski definition) is 2. The second kappa shape index (κ2) is 5.79. The Morgan fingerprint density at radius 1 is 1.18 bits per heavy atom. The van der Waals surface area contributed by atoms with Crippen LogP contribution in [0.1, 0.15) is 12.5 Å². The monoisotopic (exact) mass is 303 g/mol. The summed E-state index contributed by atoms with van der Waals surface area (Å²) in [6.45, 7) is 3.71. The standard InChI is InChI=1S/C16H18FN3O2/c1-11(21)19-5-7-20(8-6-19)15(22)9-12-10-18-14-4-2-3-13(17)16(12)14/h2-4,10,18H,5-9H2,1H3. The van der Waals surface area contributed by atoms with Gasteiger partial charge in [-0.15, -0.1) is 0 Å². The zero-order valence-electron chi connectivity index (χ0n) is 12.4. The normalized spacial score (nSPS) is 15.4. The van der Waals surface area contributed by atoms with Crippen LogP contribution in [-0.2, 0) is 16.0 Å². The summed E-state index contributed by atoms with van der Waals surface area (Å²) in [6.07, 6.45) is 1.86. The first kappa shape index (κ1) is 14.6. The Kier molecular flexibility index (Phi) is 3.83. The number of rotatable bonds is 2. The van der Waals surface area contributed by atoms with E-state index in [2.05, 4.69) is 4.98 Å². The molecule has 1 N–H and O–H groups in total. The molecule has 1 aromatic heterocycles. The number of piperazine rings is 1. The molecule has 2 amide bonds. The van der Waals surface area contributed by atoms with Gasteiger partial charge in [-0.2, -0.15) is 0 Å². The Morgan fingerprint density at radius 2 is 1.86 bits per heavy atom. The van der Waals surface area contributed by atoms with Crippen molar-refractivity contribution in [2.75, 3.05) is 26.2 Å². The summed E-state index contributed by atoms with van der Waals surface area (Å²) in [7, 11) is 0. The first-order valence-corrected chi connectivity index (χ1v) is 7.34. The molecule has 22 heavy (non-hydrogen) atoms. The van der Waals surface area contributed by atoms with Gasteiger partial charge in [0.25, 0.3) is 0 Å². The lowest BCUT2D eigenvalue weighted by Crippen LogP contribution is -2.50. The van der Waals surface area contributed by atoms with E-state index in [9.17, 15) is 14.0 Å². The maximum absolute atomic E-state index is 13.9. The van der Waals surface area contributed by atoms with Crippen molar-refractivity contribution in [2.45, 2.75) is 13.3 Å². The fourth-order valence-electron chi connectivity index (χ4n) is 2.89. The lowest BCUT2D eigenvalue weighted by atomic mass is 10.1. The molecule has 1 aromatic carbocycles.